The monoisotopic (exact) mass is 337 g/mol. The van der Waals surface area contributed by atoms with Crippen molar-refractivity contribution < 1.29 is 9.53 Å². The normalized spacial score (nSPS) is 11.7. The lowest BCUT2D eigenvalue weighted by molar-refractivity contribution is -0.111. The van der Waals surface area contributed by atoms with Crippen LogP contribution in [0.15, 0.2) is 48.1 Å². The van der Waals surface area contributed by atoms with Crippen molar-refractivity contribution in [2.75, 3.05) is 7.11 Å². The molecule has 1 aromatic heterocycles. The zero-order chi connectivity index (χ0) is 18.2. The van der Waals surface area contributed by atoms with Gasteiger partial charge >= 0.3 is 0 Å². The molecule has 0 atom stereocenters. The first-order valence-electron chi connectivity index (χ1n) is 8.18. The van der Waals surface area contributed by atoms with Crippen molar-refractivity contribution >= 4 is 17.6 Å². The van der Waals surface area contributed by atoms with Gasteiger partial charge < -0.3 is 10.1 Å². The number of allylic oxidation sites excluding steroid dienone is 3. The Bertz CT molecular complexity index is 799. The molecule has 2 N–H and O–H groups in total. The molecule has 0 amide bonds. The molecule has 25 heavy (non-hydrogen) atoms. The minimum atomic E-state index is -0.0653. The van der Waals surface area contributed by atoms with Crippen molar-refractivity contribution in [2.45, 2.75) is 26.7 Å². The SMILES string of the molecule is CCC(=N)C/C=C(\C)C(=O)/C=C/c1cc(-c2ccc(OC)cc2)n[nH]1. The summed E-state index contributed by atoms with van der Waals surface area (Å²) in [5, 5.41) is 14.8. The summed E-state index contributed by atoms with van der Waals surface area (Å²) in [5.74, 6) is 0.730. The van der Waals surface area contributed by atoms with Crippen LogP contribution in [0.1, 0.15) is 32.4 Å². The van der Waals surface area contributed by atoms with Crippen LogP contribution in [-0.2, 0) is 4.79 Å². The molecule has 0 saturated carbocycles. The van der Waals surface area contributed by atoms with E-state index in [1.807, 2.05) is 37.3 Å². The summed E-state index contributed by atoms with van der Waals surface area (Å²) in [5.41, 5.74) is 3.79. The molecule has 5 nitrogen and oxygen atoms in total. The number of methoxy groups -OCH3 is 1. The van der Waals surface area contributed by atoms with Gasteiger partial charge in [0.1, 0.15) is 5.75 Å². The number of hydrogen-bond donors (Lipinski definition) is 2. The van der Waals surface area contributed by atoms with E-state index < -0.39 is 0 Å². The lowest BCUT2D eigenvalue weighted by atomic mass is 10.1. The molecule has 0 saturated heterocycles. The Hall–Kier alpha value is -2.95. The van der Waals surface area contributed by atoms with Gasteiger partial charge in [0.15, 0.2) is 5.78 Å². The third-order valence-electron chi connectivity index (χ3n) is 3.87. The molecule has 130 valence electrons. The summed E-state index contributed by atoms with van der Waals surface area (Å²) in [4.78, 5) is 12.1. The van der Waals surface area contributed by atoms with Crippen LogP contribution in [0, 0.1) is 5.41 Å². The number of aromatic nitrogens is 2. The quantitative estimate of drug-likeness (QED) is 0.552. The van der Waals surface area contributed by atoms with E-state index in [0.717, 1.165) is 22.7 Å². The predicted molar refractivity (Wildman–Crippen MR) is 101 cm³/mol. The molecule has 1 heterocycles. The number of nitrogens with one attached hydrogen (secondary N) is 2. The van der Waals surface area contributed by atoms with Crippen molar-refractivity contribution in [3.05, 3.63) is 53.8 Å². The van der Waals surface area contributed by atoms with E-state index in [9.17, 15) is 4.79 Å². The summed E-state index contributed by atoms with van der Waals surface area (Å²) in [6.07, 6.45) is 6.26. The van der Waals surface area contributed by atoms with Crippen molar-refractivity contribution in [2.24, 2.45) is 0 Å². The van der Waals surface area contributed by atoms with Gasteiger partial charge in [0.05, 0.1) is 18.5 Å². The number of hydrogen-bond acceptors (Lipinski definition) is 4. The highest BCUT2D eigenvalue weighted by Crippen LogP contribution is 2.21. The first kappa shape index (κ1) is 18.4. The van der Waals surface area contributed by atoms with Gasteiger partial charge in [0.2, 0.25) is 0 Å². The summed E-state index contributed by atoms with van der Waals surface area (Å²) in [7, 11) is 1.63. The number of ketones is 1. The highest BCUT2D eigenvalue weighted by molar-refractivity contribution is 6.06. The van der Waals surface area contributed by atoms with Crippen LogP contribution in [0.25, 0.3) is 17.3 Å². The number of nitrogens with zero attached hydrogens (tertiary/aromatic N) is 1. The van der Waals surface area contributed by atoms with Gasteiger partial charge in [-0.3, -0.25) is 9.89 Å². The largest absolute Gasteiger partial charge is 0.497 e. The van der Waals surface area contributed by atoms with Gasteiger partial charge in [0, 0.05) is 17.7 Å². The molecule has 1 aromatic carbocycles. The molecule has 0 radical (unpaired) electrons. The van der Waals surface area contributed by atoms with Gasteiger partial charge in [-0.25, -0.2) is 0 Å². The smallest absolute Gasteiger partial charge is 0.181 e. The number of carbonyl (C=O) groups excluding carboxylic acids is 1. The van der Waals surface area contributed by atoms with Crippen LogP contribution in [0.2, 0.25) is 0 Å². The molecule has 0 unspecified atom stereocenters. The average molecular weight is 337 g/mol. The minimum Gasteiger partial charge on any atom is -0.497 e. The minimum absolute atomic E-state index is 0.0653. The Kier molecular flexibility index (Phi) is 6.46. The number of rotatable bonds is 8. The van der Waals surface area contributed by atoms with Crippen LogP contribution in [0.4, 0.5) is 0 Å². The lowest BCUT2D eigenvalue weighted by Gasteiger charge is -1.99. The molecule has 0 fully saturated rings. The zero-order valence-corrected chi connectivity index (χ0v) is 14.8. The van der Waals surface area contributed by atoms with E-state index in [4.69, 9.17) is 10.1 Å². The van der Waals surface area contributed by atoms with E-state index in [1.54, 1.807) is 26.2 Å². The number of aromatic amines is 1. The fourth-order valence-corrected chi connectivity index (χ4v) is 2.15. The number of ether oxygens (including phenoxy) is 1. The van der Waals surface area contributed by atoms with E-state index in [2.05, 4.69) is 10.2 Å². The molecule has 0 aliphatic carbocycles. The number of benzene rings is 1. The molecular weight excluding hydrogens is 314 g/mol. The molecule has 0 aliphatic heterocycles. The maximum atomic E-state index is 12.1. The Labute approximate surface area is 147 Å². The summed E-state index contributed by atoms with van der Waals surface area (Å²) >= 11 is 0. The van der Waals surface area contributed by atoms with Crippen LogP contribution in [0.5, 0.6) is 5.75 Å². The van der Waals surface area contributed by atoms with Gasteiger partial charge in [-0.2, -0.15) is 5.10 Å². The van der Waals surface area contributed by atoms with E-state index in [-0.39, 0.29) is 5.78 Å². The summed E-state index contributed by atoms with van der Waals surface area (Å²) in [6.45, 7) is 3.71. The Morgan fingerprint density at radius 1 is 1.32 bits per heavy atom. The average Bonchev–Trinajstić information content (AvgIpc) is 3.12. The second-order valence-electron chi connectivity index (χ2n) is 5.68. The van der Waals surface area contributed by atoms with Crippen molar-refractivity contribution in [3.63, 3.8) is 0 Å². The molecule has 5 heteroatoms. The topological polar surface area (TPSA) is 78.8 Å². The zero-order valence-electron chi connectivity index (χ0n) is 14.8. The molecule has 0 spiro atoms. The predicted octanol–water partition coefficient (Wildman–Crippen LogP) is 4.43. The molecule has 0 aliphatic rings. The summed E-state index contributed by atoms with van der Waals surface area (Å²) in [6, 6.07) is 9.51. The molecular formula is C20H23N3O2. The summed E-state index contributed by atoms with van der Waals surface area (Å²) < 4.78 is 5.14. The van der Waals surface area contributed by atoms with E-state index in [1.165, 1.54) is 6.08 Å². The fraction of sp³-hybridized carbons (Fsp3) is 0.250. The van der Waals surface area contributed by atoms with Gasteiger partial charge in [-0.05, 0) is 61.4 Å². The van der Waals surface area contributed by atoms with E-state index >= 15 is 0 Å². The molecule has 2 rings (SSSR count). The fourth-order valence-electron chi connectivity index (χ4n) is 2.15. The van der Waals surface area contributed by atoms with Crippen LogP contribution in [-0.4, -0.2) is 28.8 Å². The van der Waals surface area contributed by atoms with E-state index in [0.29, 0.717) is 24.1 Å². The highest BCUT2D eigenvalue weighted by Gasteiger charge is 2.04. The first-order chi connectivity index (χ1) is 12.0. The standard InChI is InChI=1S/C20H23N3O2/c1-4-16(21)8-5-14(2)20(24)12-9-17-13-19(23-22-17)15-6-10-18(25-3)11-7-15/h5-7,9-13,21H,4,8H2,1-3H3,(H,22,23)/b12-9+,14-5+,21-16?. The van der Waals surface area contributed by atoms with Crippen LogP contribution in [0.3, 0.4) is 0 Å². The molecule has 2 aromatic rings. The third-order valence-corrected chi connectivity index (χ3v) is 3.87. The second-order valence-corrected chi connectivity index (χ2v) is 5.68. The Morgan fingerprint density at radius 2 is 2.04 bits per heavy atom. The third kappa shape index (κ3) is 5.28. The Balaban J connectivity index is 2.03. The maximum Gasteiger partial charge on any atom is 0.181 e. The second kappa shape index (κ2) is 8.78. The van der Waals surface area contributed by atoms with Crippen molar-refractivity contribution in [3.8, 4) is 17.0 Å². The number of H-pyrrole nitrogens is 1. The van der Waals surface area contributed by atoms with Crippen molar-refractivity contribution in [1.82, 2.24) is 10.2 Å². The molecule has 0 bridgehead atoms. The van der Waals surface area contributed by atoms with Crippen LogP contribution >= 0.6 is 0 Å². The number of carbonyl (C=O) groups is 1. The highest BCUT2D eigenvalue weighted by atomic mass is 16.5. The lowest BCUT2D eigenvalue weighted by Crippen LogP contribution is -1.97. The Morgan fingerprint density at radius 3 is 2.68 bits per heavy atom. The van der Waals surface area contributed by atoms with Crippen molar-refractivity contribution in [1.29, 1.82) is 5.41 Å². The van der Waals surface area contributed by atoms with Gasteiger partial charge in [-0.1, -0.05) is 13.0 Å². The van der Waals surface area contributed by atoms with Gasteiger partial charge in [0.25, 0.3) is 0 Å². The first-order valence-corrected chi connectivity index (χ1v) is 8.18. The van der Waals surface area contributed by atoms with Crippen LogP contribution < -0.4 is 4.74 Å². The van der Waals surface area contributed by atoms with Gasteiger partial charge in [-0.15, -0.1) is 0 Å². The maximum absolute atomic E-state index is 12.1.